The summed E-state index contributed by atoms with van der Waals surface area (Å²) < 4.78 is 27.9. The van der Waals surface area contributed by atoms with Crippen LogP contribution in [0.5, 0.6) is 0 Å². The Bertz CT molecular complexity index is 756. The lowest BCUT2D eigenvalue weighted by atomic mass is 10.2. The van der Waals surface area contributed by atoms with Crippen molar-refractivity contribution in [1.29, 1.82) is 0 Å². The second-order valence-electron chi connectivity index (χ2n) is 5.73. The van der Waals surface area contributed by atoms with Crippen LogP contribution < -0.4 is 5.32 Å². The van der Waals surface area contributed by atoms with Gasteiger partial charge in [0, 0.05) is 42.3 Å². The first kappa shape index (κ1) is 15.4. The summed E-state index contributed by atoms with van der Waals surface area (Å²) in [5.41, 5.74) is 0. The molecule has 1 aliphatic heterocycles. The Morgan fingerprint density at radius 1 is 1.27 bits per heavy atom. The zero-order valence-corrected chi connectivity index (χ0v) is 13.5. The van der Waals surface area contributed by atoms with Crippen molar-refractivity contribution in [1.82, 2.24) is 14.6 Å². The van der Waals surface area contributed by atoms with Gasteiger partial charge in [-0.1, -0.05) is 12.1 Å². The van der Waals surface area contributed by atoms with Crippen LogP contribution in [0.4, 0.5) is 0 Å². The summed E-state index contributed by atoms with van der Waals surface area (Å²) in [6, 6.07) is 7.08. The smallest absolute Gasteiger partial charge is 0.243 e. The average Bonchev–Trinajstić information content (AvgIpc) is 2.50. The van der Waals surface area contributed by atoms with Crippen molar-refractivity contribution >= 4 is 20.8 Å². The van der Waals surface area contributed by atoms with Crippen LogP contribution in [0, 0.1) is 0 Å². The molecule has 3 rings (SSSR count). The lowest BCUT2D eigenvalue weighted by Crippen LogP contribution is -2.46. The van der Waals surface area contributed by atoms with Crippen LogP contribution in [-0.2, 0) is 10.0 Å². The maximum Gasteiger partial charge on any atom is 0.243 e. The largest absolute Gasteiger partial charge is 0.315 e. The molecule has 0 radical (unpaired) electrons. The number of sulfonamides is 1. The number of nitrogens with one attached hydrogen (secondary N) is 1. The first-order valence-electron chi connectivity index (χ1n) is 7.66. The summed E-state index contributed by atoms with van der Waals surface area (Å²) in [5.74, 6) is 0. The van der Waals surface area contributed by atoms with Crippen LogP contribution in [0.15, 0.2) is 41.6 Å². The fourth-order valence-electron chi connectivity index (χ4n) is 2.95. The molecule has 0 aliphatic carbocycles. The van der Waals surface area contributed by atoms with Crippen LogP contribution >= 0.6 is 0 Å². The monoisotopic (exact) mass is 319 g/mol. The predicted octanol–water partition coefficient (Wildman–Crippen LogP) is 2.00. The van der Waals surface area contributed by atoms with Crippen LogP contribution in [0.2, 0.25) is 0 Å². The Balaban J connectivity index is 2.07. The molecular weight excluding hydrogens is 298 g/mol. The molecule has 1 atom stereocenters. The van der Waals surface area contributed by atoms with Crippen molar-refractivity contribution < 1.29 is 8.42 Å². The topological polar surface area (TPSA) is 62.3 Å². The van der Waals surface area contributed by atoms with Gasteiger partial charge >= 0.3 is 0 Å². The van der Waals surface area contributed by atoms with E-state index in [1.807, 2.05) is 13.0 Å². The summed E-state index contributed by atoms with van der Waals surface area (Å²) in [5, 5.41) is 4.90. The minimum atomic E-state index is -3.51. The molecule has 0 unspecified atom stereocenters. The summed E-state index contributed by atoms with van der Waals surface area (Å²) in [6.45, 7) is 4.18. The number of rotatable bonds is 2. The molecule has 0 bridgehead atoms. The predicted molar refractivity (Wildman–Crippen MR) is 87.2 cm³/mol. The third-order valence-corrected chi connectivity index (χ3v) is 6.21. The molecule has 0 saturated carbocycles. The van der Waals surface area contributed by atoms with Gasteiger partial charge in [-0.3, -0.25) is 4.98 Å². The lowest BCUT2D eigenvalue weighted by Gasteiger charge is -2.31. The third-order valence-electron chi connectivity index (χ3n) is 4.14. The number of hydrogen-bond acceptors (Lipinski definition) is 4. The normalized spacial score (nSPS) is 21.4. The van der Waals surface area contributed by atoms with Crippen molar-refractivity contribution in [3.63, 3.8) is 0 Å². The zero-order chi connectivity index (χ0) is 15.6. The number of nitrogens with zero attached hydrogens (tertiary/aromatic N) is 2. The van der Waals surface area contributed by atoms with E-state index in [0.717, 1.165) is 30.2 Å². The van der Waals surface area contributed by atoms with Crippen LogP contribution in [0.3, 0.4) is 0 Å². The third kappa shape index (κ3) is 2.86. The molecule has 1 N–H and O–H groups in total. The molecule has 1 saturated heterocycles. The van der Waals surface area contributed by atoms with Gasteiger partial charge in [-0.15, -0.1) is 0 Å². The average molecular weight is 319 g/mol. The first-order chi connectivity index (χ1) is 10.6. The highest BCUT2D eigenvalue weighted by molar-refractivity contribution is 7.89. The molecule has 1 aliphatic rings. The number of aromatic nitrogens is 1. The second kappa shape index (κ2) is 6.32. The lowest BCUT2D eigenvalue weighted by molar-refractivity contribution is 0.301. The van der Waals surface area contributed by atoms with Gasteiger partial charge in [-0.05, 0) is 38.4 Å². The van der Waals surface area contributed by atoms with E-state index in [0.29, 0.717) is 18.0 Å². The van der Waals surface area contributed by atoms with Crippen molar-refractivity contribution in [3.05, 3.63) is 36.7 Å². The summed E-state index contributed by atoms with van der Waals surface area (Å²) >= 11 is 0. The fraction of sp³-hybridized carbons (Fsp3) is 0.438. The van der Waals surface area contributed by atoms with E-state index in [-0.39, 0.29) is 6.04 Å². The molecule has 22 heavy (non-hydrogen) atoms. The Morgan fingerprint density at radius 3 is 3.00 bits per heavy atom. The van der Waals surface area contributed by atoms with Gasteiger partial charge < -0.3 is 5.32 Å². The van der Waals surface area contributed by atoms with Gasteiger partial charge in [0.05, 0.1) is 4.90 Å². The molecule has 1 fully saturated rings. The van der Waals surface area contributed by atoms with Crippen molar-refractivity contribution in [2.24, 2.45) is 0 Å². The Kier molecular flexibility index (Phi) is 4.42. The molecule has 0 spiro atoms. The number of fused-ring (bicyclic) bond motifs is 1. The van der Waals surface area contributed by atoms with E-state index in [4.69, 9.17) is 0 Å². The highest BCUT2D eigenvalue weighted by Gasteiger charge is 2.30. The van der Waals surface area contributed by atoms with Gasteiger partial charge in [0.1, 0.15) is 0 Å². The molecule has 0 amide bonds. The minimum Gasteiger partial charge on any atom is -0.315 e. The Hall–Kier alpha value is -1.50. The van der Waals surface area contributed by atoms with Crippen molar-refractivity contribution in [3.8, 4) is 0 Å². The molecule has 2 aromatic rings. The van der Waals surface area contributed by atoms with E-state index in [1.165, 1.54) is 0 Å². The van der Waals surface area contributed by atoms with Gasteiger partial charge in [0.2, 0.25) is 10.0 Å². The van der Waals surface area contributed by atoms with E-state index in [9.17, 15) is 8.42 Å². The Labute approximate surface area is 131 Å². The number of hydrogen-bond donors (Lipinski definition) is 1. The van der Waals surface area contributed by atoms with Gasteiger partial charge in [0.15, 0.2) is 0 Å². The second-order valence-corrected chi connectivity index (χ2v) is 7.59. The van der Waals surface area contributed by atoms with Crippen LogP contribution in [0.1, 0.15) is 19.8 Å². The van der Waals surface area contributed by atoms with Crippen molar-refractivity contribution in [2.45, 2.75) is 30.7 Å². The van der Waals surface area contributed by atoms with Crippen LogP contribution in [-0.4, -0.2) is 43.4 Å². The van der Waals surface area contributed by atoms with E-state index in [2.05, 4.69) is 10.3 Å². The maximum absolute atomic E-state index is 13.2. The molecule has 6 heteroatoms. The summed E-state index contributed by atoms with van der Waals surface area (Å²) in [4.78, 5) is 4.45. The molecule has 1 aromatic heterocycles. The molecule has 118 valence electrons. The molecule has 2 heterocycles. The van der Waals surface area contributed by atoms with E-state index < -0.39 is 10.0 Å². The number of benzene rings is 1. The van der Waals surface area contributed by atoms with Gasteiger partial charge in [-0.2, -0.15) is 4.31 Å². The highest BCUT2D eigenvalue weighted by Crippen LogP contribution is 2.26. The summed E-state index contributed by atoms with van der Waals surface area (Å²) in [7, 11) is -3.51. The summed E-state index contributed by atoms with van der Waals surface area (Å²) in [6.07, 6.45) is 5.22. The number of pyridine rings is 1. The minimum absolute atomic E-state index is 0.0533. The van der Waals surface area contributed by atoms with Crippen LogP contribution in [0.25, 0.3) is 10.8 Å². The molecule has 1 aromatic carbocycles. The highest BCUT2D eigenvalue weighted by atomic mass is 32.2. The molecular formula is C16H21N3O2S. The fourth-order valence-corrected chi connectivity index (χ4v) is 4.84. The van der Waals surface area contributed by atoms with Gasteiger partial charge in [-0.25, -0.2) is 8.42 Å². The Morgan fingerprint density at radius 2 is 2.14 bits per heavy atom. The first-order valence-corrected chi connectivity index (χ1v) is 9.10. The zero-order valence-electron chi connectivity index (χ0n) is 12.7. The van der Waals surface area contributed by atoms with E-state index in [1.54, 1.807) is 34.9 Å². The van der Waals surface area contributed by atoms with Crippen molar-refractivity contribution in [2.75, 3.05) is 19.6 Å². The van der Waals surface area contributed by atoms with Gasteiger partial charge in [0.25, 0.3) is 0 Å². The maximum atomic E-state index is 13.2. The van der Waals surface area contributed by atoms with E-state index >= 15 is 0 Å². The molecule has 5 nitrogen and oxygen atoms in total. The quantitative estimate of drug-likeness (QED) is 0.919. The standard InChI is InChI=1S/C16H21N3O2S/c1-13-11-17-8-2-3-10-19(13)22(20,21)16-6-4-5-14-12-18-9-7-15(14)16/h4-7,9,12-13,17H,2-3,8,10-11H2,1H3/t13-/m0/s1. The SMILES string of the molecule is C[C@H]1CNCCCCN1S(=O)(=O)c1cccc2cnccc12.